The summed E-state index contributed by atoms with van der Waals surface area (Å²) in [5, 5.41) is 0. The van der Waals surface area contributed by atoms with Gasteiger partial charge in [-0.1, -0.05) is 20.3 Å². The van der Waals surface area contributed by atoms with Crippen LogP contribution in [0.2, 0.25) is 0 Å². The van der Waals surface area contributed by atoms with Crippen LogP contribution >= 0.6 is 0 Å². The predicted molar refractivity (Wildman–Crippen MR) is 52.6 cm³/mol. The van der Waals surface area contributed by atoms with E-state index in [9.17, 15) is 4.79 Å². The molecule has 1 aliphatic rings. The summed E-state index contributed by atoms with van der Waals surface area (Å²) in [5.41, 5.74) is 0. The number of rotatable bonds is 4. The highest BCUT2D eigenvalue weighted by Crippen LogP contribution is 2.24. The van der Waals surface area contributed by atoms with Gasteiger partial charge in [0.05, 0.1) is 12.7 Å². The lowest BCUT2D eigenvalue weighted by atomic mass is 9.89. The molecule has 0 aromatic carbocycles. The summed E-state index contributed by atoms with van der Waals surface area (Å²) in [6.07, 6.45) is 3.31. The van der Waals surface area contributed by atoms with Crippen LogP contribution < -0.4 is 0 Å². The monoisotopic (exact) mass is 184 g/mol. The summed E-state index contributed by atoms with van der Waals surface area (Å²) in [6.45, 7) is 6.85. The van der Waals surface area contributed by atoms with Crippen LogP contribution in [0.5, 0.6) is 0 Å². The SMILES string of the molecule is CCCC(C)C(=O)C1COC(C)C1. The summed E-state index contributed by atoms with van der Waals surface area (Å²) >= 11 is 0. The number of carbonyl (C=O) groups is 1. The van der Waals surface area contributed by atoms with E-state index in [0.717, 1.165) is 19.3 Å². The molecule has 2 heteroatoms. The van der Waals surface area contributed by atoms with E-state index in [2.05, 4.69) is 6.92 Å². The molecule has 2 nitrogen and oxygen atoms in total. The van der Waals surface area contributed by atoms with E-state index < -0.39 is 0 Å². The van der Waals surface area contributed by atoms with Crippen molar-refractivity contribution < 1.29 is 9.53 Å². The highest BCUT2D eigenvalue weighted by molar-refractivity contribution is 5.83. The Kier molecular flexibility index (Phi) is 3.91. The average molecular weight is 184 g/mol. The maximum Gasteiger partial charge on any atom is 0.141 e. The minimum atomic E-state index is 0.177. The third-order valence-corrected chi connectivity index (χ3v) is 2.81. The topological polar surface area (TPSA) is 26.3 Å². The van der Waals surface area contributed by atoms with Crippen molar-refractivity contribution in [1.29, 1.82) is 0 Å². The van der Waals surface area contributed by atoms with E-state index >= 15 is 0 Å². The van der Waals surface area contributed by atoms with Gasteiger partial charge in [-0.25, -0.2) is 0 Å². The summed E-state index contributed by atoms with van der Waals surface area (Å²) in [4.78, 5) is 11.8. The van der Waals surface area contributed by atoms with Gasteiger partial charge < -0.3 is 4.74 Å². The summed E-state index contributed by atoms with van der Waals surface area (Å²) in [6, 6.07) is 0. The second-order valence-corrected chi connectivity index (χ2v) is 4.17. The first-order valence-electron chi connectivity index (χ1n) is 5.30. The predicted octanol–water partition coefficient (Wildman–Crippen LogP) is 2.42. The first-order valence-corrected chi connectivity index (χ1v) is 5.30. The molecule has 13 heavy (non-hydrogen) atoms. The molecule has 0 amide bonds. The zero-order valence-corrected chi connectivity index (χ0v) is 8.88. The van der Waals surface area contributed by atoms with Crippen LogP contribution in [0.25, 0.3) is 0 Å². The van der Waals surface area contributed by atoms with Crippen LogP contribution in [0, 0.1) is 11.8 Å². The zero-order valence-electron chi connectivity index (χ0n) is 8.88. The Bertz CT molecular complexity index is 177. The molecular weight excluding hydrogens is 164 g/mol. The molecule has 1 aliphatic heterocycles. The summed E-state index contributed by atoms with van der Waals surface area (Å²) in [7, 11) is 0. The van der Waals surface area contributed by atoms with E-state index in [-0.39, 0.29) is 17.9 Å². The van der Waals surface area contributed by atoms with Crippen molar-refractivity contribution >= 4 is 5.78 Å². The highest BCUT2D eigenvalue weighted by atomic mass is 16.5. The Morgan fingerprint density at radius 1 is 1.62 bits per heavy atom. The molecule has 1 rings (SSSR count). The smallest absolute Gasteiger partial charge is 0.141 e. The molecule has 3 unspecified atom stereocenters. The standard InChI is InChI=1S/C11H20O2/c1-4-5-8(2)11(12)10-6-9(3)13-7-10/h8-10H,4-7H2,1-3H3. The van der Waals surface area contributed by atoms with Crippen LogP contribution in [0.15, 0.2) is 0 Å². The van der Waals surface area contributed by atoms with Gasteiger partial charge >= 0.3 is 0 Å². The molecule has 3 atom stereocenters. The number of ether oxygens (including phenoxy) is 1. The zero-order chi connectivity index (χ0) is 9.84. The van der Waals surface area contributed by atoms with Crippen LogP contribution in [-0.2, 0) is 9.53 Å². The lowest BCUT2D eigenvalue weighted by Gasteiger charge is -2.12. The van der Waals surface area contributed by atoms with E-state index in [0.29, 0.717) is 12.4 Å². The Hall–Kier alpha value is -0.370. The molecule has 0 aromatic heterocycles. The van der Waals surface area contributed by atoms with Crippen LogP contribution in [-0.4, -0.2) is 18.5 Å². The average Bonchev–Trinajstić information content (AvgIpc) is 2.51. The number of carbonyl (C=O) groups excluding carboxylic acids is 1. The fraction of sp³-hybridized carbons (Fsp3) is 0.909. The highest BCUT2D eigenvalue weighted by Gasteiger charge is 2.30. The number of hydrogen-bond donors (Lipinski definition) is 0. The van der Waals surface area contributed by atoms with Gasteiger partial charge in [0.2, 0.25) is 0 Å². The van der Waals surface area contributed by atoms with Crippen LogP contribution in [0.1, 0.15) is 40.0 Å². The second-order valence-electron chi connectivity index (χ2n) is 4.17. The van der Waals surface area contributed by atoms with Crippen LogP contribution in [0.4, 0.5) is 0 Å². The lowest BCUT2D eigenvalue weighted by Crippen LogP contribution is -2.21. The molecule has 76 valence electrons. The van der Waals surface area contributed by atoms with Crippen molar-refractivity contribution in [2.75, 3.05) is 6.61 Å². The van der Waals surface area contributed by atoms with Gasteiger partial charge in [-0.05, 0) is 19.8 Å². The van der Waals surface area contributed by atoms with Crippen molar-refractivity contribution in [2.45, 2.75) is 46.1 Å². The van der Waals surface area contributed by atoms with Crippen molar-refractivity contribution in [3.05, 3.63) is 0 Å². The van der Waals surface area contributed by atoms with Gasteiger partial charge in [0.1, 0.15) is 5.78 Å². The van der Waals surface area contributed by atoms with Gasteiger partial charge in [0.15, 0.2) is 0 Å². The quantitative estimate of drug-likeness (QED) is 0.670. The number of ketones is 1. The maximum atomic E-state index is 11.8. The van der Waals surface area contributed by atoms with Gasteiger partial charge in [0, 0.05) is 11.8 Å². The Labute approximate surface area is 80.7 Å². The number of hydrogen-bond acceptors (Lipinski definition) is 2. The number of Topliss-reactive ketones (excluding diaryl/α,β-unsaturated/α-hetero) is 1. The maximum absolute atomic E-state index is 11.8. The first-order chi connectivity index (χ1) is 6.15. The lowest BCUT2D eigenvalue weighted by molar-refractivity contribution is -0.126. The fourth-order valence-corrected chi connectivity index (χ4v) is 1.99. The van der Waals surface area contributed by atoms with Crippen LogP contribution in [0.3, 0.4) is 0 Å². The van der Waals surface area contributed by atoms with Crippen molar-refractivity contribution in [2.24, 2.45) is 11.8 Å². The molecule has 1 fully saturated rings. The molecule has 0 saturated carbocycles. The Balaban J connectivity index is 2.38. The molecule has 0 radical (unpaired) electrons. The largest absolute Gasteiger partial charge is 0.378 e. The van der Waals surface area contributed by atoms with Gasteiger partial charge in [-0.15, -0.1) is 0 Å². The molecule has 0 aliphatic carbocycles. The molecule has 1 saturated heterocycles. The molecule has 0 aromatic rings. The molecule has 0 bridgehead atoms. The van der Waals surface area contributed by atoms with Crippen molar-refractivity contribution in [1.82, 2.24) is 0 Å². The minimum Gasteiger partial charge on any atom is -0.378 e. The van der Waals surface area contributed by atoms with Crippen molar-refractivity contribution in [3.8, 4) is 0 Å². The third kappa shape index (κ3) is 2.80. The fourth-order valence-electron chi connectivity index (χ4n) is 1.99. The van der Waals surface area contributed by atoms with E-state index in [1.165, 1.54) is 0 Å². The molecule has 0 spiro atoms. The molecular formula is C11H20O2. The first kappa shape index (κ1) is 10.7. The Morgan fingerprint density at radius 3 is 2.77 bits per heavy atom. The Morgan fingerprint density at radius 2 is 2.31 bits per heavy atom. The summed E-state index contributed by atoms with van der Waals surface area (Å²) < 4.78 is 5.39. The normalized spacial score (nSPS) is 30.4. The molecule has 1 heterocycles. The summed E-state index contributed by atoms with van der Waals surface area (Å²) in [5.74, 6) is 0.812. The van der Waals surface area contributed by atoms with Gasteiger partial charge in [-0.2, -0.15) is 0 Å². The van der Waals surface area contributed by atoms with E-state index in [1.807, 2.05) is 13.8 Å². The van der Waals surface area contributed by atoms with E-state index in [4.69, 9.17) is 4.74 Å². The van der Waals surface area contributed by atoms with Gasteiger partial charge in [-0.3, -0.25) is 4.79 Å². The van der Waals surface area contributed by atoms with E-state index in [1.54, 1.807) is 0 Å². The van der Waals surface area contributed by atoms with Crippen molar-refractivity contribution in [3.63, 3.8) is 0 Å². The van der Waals surface area contributed by atoms with Gasteiger partial charge in [0.25, 0.3) is 0 Å². The third-order valence-electron chi connectivity index (χ3n) is 2.81. The minimum absolute atomic E-state index is 0.177. The molecule has 0 N–H and O–H groups in total. The second kappa shape index (κ2) is 4.75.